The van der Waals surface area contributed by atoms with Crippen LogP contribution in [0.2, 0.25) is 15.1 Å². The van der Waals surface area contributed by atoms with E-state index in [-0.39, 0.29) is 101 Å². The van der Waals surface area contributed by atoms with E-state index in [1.165, 1.54) is 92.9 Å². The zero-order chi connectivity index (χ0) is 103. The second-order valence-corrected chi connectivity index (χ2v) is 44.2. The first-order chi connectivity index (χ1) is 62.6. The zero-order valence-corrected chi connectivity index (χ0v) is 85.0. The quantitative estimate of drug-likeness (QED) is 0.0476. The van der Waals surface area contributed by atoms with Crippen molar-refractivity contribution in [1.82, 2.24) is 41.1 Å². The first kappa shape index (κ1) is 105. The van der Waals surface area contributed by atoms with Crippen LogP contribution in [0.3, 0.4) is 0 Å². The van der Waals surface area contributed by atoms with Crippen LogP contribution < -0.4 is 62.4 Å². The van der Waals surface area contributed by atoms with Crippen LogP contribution in [0.5, 0.6) is 17.2 Å². The van der Waals surface area contributed by atoms with Crippen LogP contribution in [0.25, 0.3) is 67.1 Å². The van der Waals surface area contributed by atoms with E-state index in [0.29, 0.717) is 34.0 Å². The maximum Gasteiger partial charge on any atom is 0.573 e. The van der Waals surface area contributed by atoms with Crippen molar-refractivity contribution in [3.8, 4) is 51.0 Å². The van der Waals surface area contributed by atoms with Crippen molar-refractivity contribution in [2.45, 2.75) is 201 Å². The van der Waals surface area contributed by atoms with E-state index in [9.17, 15) is 68.3 Å². The van der Waals surface area contributed by atoms with Crippen molar-refractivity contribution >= 4 is 128 Å². The molecule has 0 spiro atoms. The number of carbonyl (C=O) groups is 3. The number of halogens is 12. The molecule has 0 saturated heterocycles. The summed E-state index contributed by atoms with van der Waals surface area (Å²) in [5.41, 5.74) is -25.7. The topological polar surface area (TPSA) is 347 Å². The Labute approximate surface area is 801 Å². The number of nitrogens with zero attached hydrogens (tertiary/aromatic N) is 12. The molecule has 0 radical (unpaired) electrons. The zero-order valence-electron chi connectivity index (χ0n) is 79.4. The summed E-state index contributed by atoms with van der Waals surface area (Å²) >= 11 is 22.7. The van der Waals surface area contributed by atoms with Crippen molar-refractivity contribution in [2.24, 2.45) is 89.8 Å². The highest BCUT2D eigenvalue weighted by Crippen LogP contribution is 2.73. The smallest absolute Gasteiger partial charge is 0.444 e. The van der Waals surface area contributed by atoms with Gasteiger partial charge in [-0.1, -0.05) is 159 Å². The first-order valence-electron chi connectivity index (χ1n) is 41.9. The lowest BCUT2D eigenvalue weighted by molar-refractivity contribution is -0.275. The van der Waals surface area contributed by atoms with E-state index < -0.39 is 194 Å². The van der Waals surface area contributed by atoms with E-state index in [1.807, 2.05) is 0 Å². The maximum atomic E-state index is 20.3. The van der Waals surface area contributed by atoms with E-state index in [2.05, 4.69) is 14.2 Å². The number of benzene rings is 3. The Kier molecular flexibility index (Phi) is 27.6. The monoisotopic (exact) mass is 2050 g/mol. The van der Waals surface area contributed by atoms with Crippen LogP contribution in [-0.2, 0) is 111 Å². The van der Waals surface area contributed by atoms with Crippen LogP contribution in [0.1, 0.15) is 159 Å². The lowest BCUT2D eigenvalue weighted by Gasteiger charge is -2.60. The summed E-state index contributed by atoms with van der Waals surface area (Å²) in [5, 5.41) is 1.66. The van der Waals surface area contributed by atoms with Gasteiger partial charge in [-0.25, -0.2) is 18.9 Å². The number of hydrogen-bond donors (Lipinski definition) is 0. The highest BCUT2D eigenvalue weighted by Gasteiger charge is 2.69. The lowest BCUT2D eigenvalue weighted by atomic mass is 9.68. The minimum absolute atomic E-state index is 0.00653. The van der Waals surface area contributed by atoms with Gasteiger partial charge in [-0.15, -0.1) is 73.5 Å². The molecule has 0 aliphatic carbocycles. The number of thiazole rings is 3. The average Bonchev–Trinajstić information content (AvgIpc) is 1.60. The Morgan fingerprint density at radius 2 is 0.577 bits per heavy atom. The van der Waals surface area contributed by atoms with Crippen molar-refractivity contribution in [3.05, 3.63) is 197 Å². The van der Waals surface area contributed by atoms with Gasteiger partial charge in [0.15, 0.2) is 31.6 Å². The first-order valence-corrected chi connectivity index (χ1v) is 47.1. The Morgan fingerprint density at radius 1 is 0.365 bits per heavy atom. The fraction of sp³-hybridized carbons (Fsp3) is 0.467. The summed E-state index contributed by atoms with van der Waals surface area (Å²) in [6.07, 6.45) is -18.3. The Balaban J connectivity index is 1.29. The predicted octanol–water partition coefficient (Wildman–Crippen LogP) is 19.1. The van der Waals surface area contributed by atoms with Crippen molar-refractivity contribution in [3.63, 3.8) is 0 Å². The number of ether oxygens (including phenoxy) is 3. The van der Waals surface area contributed by atoms with Gasteiger partial charge >= 0.3 is 44.0 Å². The molecule has 0 atom stereocenters. The molecular weight excluding hydrogens is 1960 g/mol. The normalized spacial score (nSPS) is 14.0. The summed E-state index contributed by atoms with van der Waals surface area (Å²) in [6, 6.07) is 9.37. The summed E-state index contributed by atoms with van der Waals surface area (Å²) in [6.45, 7) is 32.9. The number of hydrogen-bond acceptors (Lipinski definition) is 22. The molecule has 0 unspecified atom stereocenters. The highest BCUT2D eigenvalue weighted by atomic mass is 35.5. The third-order valence-corrected chi connectivity index (χ3v) is 28.5. The van der Waals surface area contributed by atoms with E-state index in [4.69, 9.17) is 76.6 Å². The fourth-order valence-corrected chi connectivity index (χ4v) is 24.9. The molecule has 740 valence electrons. The molecule has 31 nitrogen and oxygen atoms in total. The second-order valence-electron chi connectivity index (χ2n) is 39.1. The van der Waals surface area contributed by atoms with E-state index in [1.54, 1.807) is 125 Å². The van der Waals surface area contributed by atoms with Gasteiger partial charge in [0.2, 0.25) is 17.1 Å². The fourth-order valence-electron chi connectivity index (χ4n) is 18.4. The van der Waals surface area contributed by atoms with Crippen LogP contribution in [0.4, 0.5) is 39.5 Å². The summed E-state index contributed by atoms with van der Waals surface area (Å²) in [7, 11) is 0.938. The van der Waals surface area contributed by atoms with Gasteiger partial charge in [0.25, 0.3) is 34.4 Å². The summed E-state index contributed by atoms with van der Waals surface area (Å²) in [4.78, 5) is 143. The van der Waals surface area contributed by atoms with Crippen LogP contribution in [-0.4, -0.2) is 77.9 Å². The molecular formula is C90H99Cl3F9N12O19PS3. The number of carbonyl (C=O) groups excluding carboxylic acids is 3. The predicted molar refractivity (Wildman–Crippen MR) is 497 cm³/mol. The number of fused-ring (bicyclic) bond motifs is 3. The number of rotatable bonds is 21. The van der Waals surface area contributed by atoms with Crippen molar-refractivity contribution in [2.75, 3.05) is 0 Å². The standard InChI is InChI=1S/C90H99Cl3F9N12O19PS3/c1-43-49(64-67(118)106(22)76(121)109(25)70(64)125-43)37-61(115)103-73-112(55(40-135-73)46-28-31-58(52(91)34-46)128-88(94,95)96)85(79(4,5)6,80(7,8)9)131-134(124,132-86(81(10,11)12,82(13,14)15)113-56(47-29-32-59(53(92)35-47)129-89(97,98)99)41-136-74(113)104-62(116)38-50-44(2)126-71-65(50)68(119)107(23)77(122)110(71)26)133-87(83(16,17)18,84(19,20)21)114-57(48-30-33-60(54(93)36-48)130-90(100,101)102)42-137-75(114)105-63(117)39-51-45(3)127-72-66(51)69(120)108(24)78(123)111(72)27/h28-36,40-42H,37-39H2,1-27H3/b103-73-,104-74-,105-75-. The second kappa shape index (κ2) is 35.9. The van der Waals surface area contributed by atoms with Gasteiger partial charge in [0.1, 0.15) is 50.7 Å². The number of alkyl halides is 9. The maximum absolute atomic E-state index is 20.3. The minimum Gasteiger partial charge on any atom is -0.444 e. The summed E-state index contributed by atoms with van der Waals surface area (Å²) in [5.74, 6) is -5.90. The Bertz CT molecular complexity index is 6900. The SMILES string of the molecule is Cc1oc2c(c1CC(=O)/N=c1\scc(-c3ccc(OC(F)(F)F)c(Cl)c3)n1C(OP(=O)(OC(n1c(-c3ccc(OC(F)(F)F)c(Cl)c3)cs/c1=N\C(=O)Cc1c(C)oc3c1c(=O)n(C)c(=O)n3C)(C(C)(C)C)C(C)(C)C)OC(n1c(-c3ccc(OC(F)(F)F)c(Cl)c3)cs/c1=N\C(=O)Cc1c(C)oc3c1c(=O)n(C)c(=O)n3C)(C(C)(C)C)C(C)(C)C)(C(C)(C)C)C(C)(C)C)c(=O)n(C)c(=O)n2C. The lowest BCUT2D eigenvalue weighted by Crippen LogP contribution is -2.63. The van der Waals surface area contributed by atoms with Crippen LogP contribution in [0, 0.1) is 53.3 Å². The van der Waals surface area contributed by atoms with E-state index >= 15 is 18.9 Å². The van der Waals surface area contributed by atoms with Crippen molar-refractivity contribution in [1.29, 1.82) is 0 Å². The van der Waals surface area contributed by atoms with E-state index in [0.717, 1.165) is 82.0 Å². The number of aromatic nitrogens is 9. The molecule has 47 heteroatoms. The molecule has 9 heterocycles. The summed E-state index contributed by atoms with van der Waals surface area (Å²) < 4.78 is 215. The number of aryl methyl sites for hydroxylation is 6. The molecule has 0 bridgehead atoms. The Hall–Kier alpha value is -10.6. The molecule has 137 heavy (non-hydrogen) atoms. The molecule has 9 aromatic heterocycles. The molecule has 12 aromatic rings. The molecule has 0 saturated carbocycles. The largest absolute Gasteiger partial charge is 0.573 e. The molecule has 0 aliphatic rings. The van der Waals surface area contributed by atoms with Crippen molar-refractivity contribution < 1.29 is 99.5 Å². The number of amides is 3. The molecule has 12 rings (SSSR count). The molecule has 0 N–H and O–H groups in total. The van der Waals surface area contributed by atoms with Gasteiger partial charge in [-0.2, -0.15) is 15.0 Å². The molecule has 0 fully saturated rings. The van der Waals surface area contributed by atoms with Crippen LogP contribution >= 0.6 is 76.6 Å². The van der Waals surface area contributed by atoms with Gasteiger partial charge in [-0.05, 0) is 75.4 Å². The molecule has 3 amide bonds. The minimum atomic E-state index is -6.68. The Morgan fingerprint density at radius 3 is 0.766 bits per heavy atom. The van der Waals surface area contributed by atoms with Crippen LogP contribution in [0.15, 0.2) is 128 Å². The van der Waals surface area contributed by atoms with Gasteiger partial charge in [0.05, 0.1) is 51.4 Å². The third-order valence-electron chi connectivity index (χ3n) is 23.7. The molecule has 3 aromatic carbocycles. The number of phosphoric acid groups is 1. The highest BCUT2D eigenvalue weighted by molar-refractivity contribution is 7.48. The number of furan rings is 3. The average molecular weight is 2060 g/mol. The van der Waals surface area contributed by atoms with Gasteiger partial charge in [0, 0.05) is 124 Å². The number of phosphoric ester groups is 1. The van der Waals surface area contributed by atoms with Gasteiger partial charge < -0.3 is 27.5 Å². The molecule has 0 aliphatic heterocycles. The van der Waals surface area contributed by atoms with Gasteiger partial charge in [-0.3, -0.25) is 83.4 Å². The third kappa shape index (κ3) is 19.1.